The van der Waals surface area contributed by atoms with Crippen LogP contribution in [0.1, 0.15) is 27.0 Å². The third-order valence-electron chi connectivity index (χ3n) is 3.44. The predicted octanol–water partition coefficient (Wildman–Crippen LogP) is 3.24. The summed E-state index contributed by atoms with van der Waals surface area (Å²) in [5.41, 5.74) is 3.61. The molecule has 4 nitrogen and oxygen atoms in total. The van der Waals surface area contributed by atoms with Gasteiger partial charge in [-0.3, -0.25) is 4.79 Å². The average Bonchev–Trinajstić information content (AvgIpc) is 2.55. The zero-order valence-electron chi connectivity index (χ0n) is 12.9. The summed E-state index contributed by atoms with van der Waals surface area (Å²) in [4.78, 5) is 22.6. The second-order valence-electron chi connectivity index (χ2n) is 5.20. The number of carbonyl (C=O) groups is 2. The van der Waals surface area contributed by atoms with Gasteiger partial charge in [0, 0.05) is 12.3 Å². The molecule has 2 rings (SSSR count). The number of aryl methyl sites for hydroxylation is 1. The maximum Gasteiger partial charge on any atom is 0.335 e. The first-order chi connectivity index (χ1) is 11.1. The van der Waals surface area contributed by atoms with E-state index in [2.05, 4.69) is 24.4 Å². The molecule has 2 aromatic carbocycles. The van der Waals surface area contributed by atoms with Gasteiger partial charge in [-0.15, -0.1) is 11.8 Å². The zero-order chi connectivity index (χ0) is 16.7. The van der Waals surface area contributed by atoms with Gasteiger partial charge in [0.15, 0.2) is 0 Å². The molecular weight excluding hydrogens is 310 g/mol. The maximum absolute atomic E-state index is 11.8. The molecule has 0 spiro atoms. The van der Waals surface area contributed by atoms with Crippen LogP contribution in [0.3, 0.4) is 0 Å². The molecule has 0 fully saturated rings. The SMILES string of the molecule is Cc1ccccc1CSCC(=O)NCc1ccc(C(=O)O)cc1. The molecule has 0 radical (unpaired) electrons. The first-order valence-electron chi connectivity index (χ1n) is 7.27. The highest BCUT2D eigenvalue weighted by Gasteiger charge is 2.05. The van der Waals surface area contributed by atoms with Crippen LogP contribution >= 0.6 is 11.8 Å². The summed E-state index contributed by atoms with van der Waals surface area (Å²) in [6, 6.07) is 14.7. The molecule has 0 bridgehead atoms. The number of carboxylic acid groups (broad SMARTS) is 1. The number of nitrogens with one attached hydrogen (secondary N) is 1. The van der Waals surface area contributed by atoms with E-state index in [1.807, 2.05) is 12.1 Å². The van der Waals surface area contributed by atoms with Gasteiger partial charge in [-0.1, -0.05) is 36.4 Å². The Balaban J connectivity index is 1.73. The van der Waals surface area contributed by atoms with Crippen LogP contribution < -0.4 is 5.32 Å². The zero-order valence-corrected chi connectivity index (χ0v) is 13.7. The van der Waals surface area contributed by atoms with Crippen molar-refractivity contribution >= 4 is 23.6 Å². The number of benzene rings is 2. The molecule has 2 aromatic rings. The predicted molar refractivity (Wildman–Crippen MR) is 92.6 cm³/mol. The Morgan fingerprint density at radius 2 is 1.78 bits per heavy atom. The minimum absolute atomic E-state index is 0.0223. The van der Waals surface area contributed by atoms with Crippen molar-refractivity contribution in [3.63, 3.8) is 0 Å². The molecule has 0 saturated carbocycles. The van der Waals surface area contributed by atoms with Crippen LogP contribution in [0.4, 0.5) is 0 Å². The monoisotopic (exact) mass is 329 g/mol. The first kappa shape index (κ1) is 17.1. The van der Waals surface area contributed by atoms with Gasteiger partial charge >= 0.3 is 5.97 Å². The number of carbonyl (C=O) groups excluding carboxylic acids is 1. The number of aromatic carboxylic acids is 1. The van der Waals surface area contributed by atoms with Gasteiger partial charge < -0.3 is 10.4 Å². The van der Waals surface area contributed by atoms with Gasteiger partial charge in [-0.05, 0) is 35.7 Å². The standard InChI is InChI=1S/C18H19NO3S/c1-13-4-2-3-5-16(13)11-23-12-17(20)19-10-14-6-8-15(9-7-14)18(21)22/h2-9H,10-12H2,1H3,(H,19,20)(H,21,22). The summed E-state index contributed by atoms with van der Waals surface area (Å²) >= 11 is 1.58. The third kappa shape index (κ3) is 5.45. The molecule has 0 aromatic heterocycles. The molecule has 0 heterocycles. The summed E-state index contributed by atoms with van der Waals surface area (Å²) in [5, 5.41) is 11.7. The summed E-state index contributed by atoms with van der Waals surface area (Å²) in [6.45, 7) is 2.47. The van der Waals surface area contributed by atoms with Crippen LogP contribution in [0.25, 0.3) is 0 Å². The minimum Gasteiger partial charge on any atom is -0.478 e. The minimum atomic E-state index is -0.951. The van der Waals surface area contributed by atoms with Gasteiger partial charge in [-0.25, -0.2) is 4.79 Å². The van der Waals surface area contributed by atoms with Crippen LogP contribution in [0.5, 0.6) is 0 Å². The summed E-state index contributed by atoms with van der Waals surface area (Å²) in [7, 11) is 0. The highest BCUT2D eigenvalue weighted by Crippen LogP contribution is 2.15. The quantitative estimate of drug-likeness (QED) is 0.818. The molecule has 0 aliphatic heterocycles. The third-order valence-corrected chi connectivity index (χ3v) is 4.42. The van der Waals surface area contributed by atoms with Crippen LogP contribution in [-0.2, 0) is 17.1 Å². The van der Waals surface area contributed by atoms with Crippen molar-refractivity contribution in [1.82, 2.24) is 5.32 Å². The molecule has 120 valence electrons. The highest BCUT2D eigenvalue weighted by molar-refractivity contribution is 7.99. The number of hydrogen-bond donors (Lipinski definition) is 2. The Hall–Kier alpha value is -2.27. The Kier molecular flexibility index (Phi) is 6.23. The molecule has 1 amide bonds. The van der Waals surface area contributed by atoms with Crippen LogP contribution in [-0.4, -0.2) is 22.7 Å². The van der Waals surface area contributed by atoms with Crippen LogP contribution in [0.15, 0.2) is 48.5 Å². The lowest BCUT2D eigenvalue weighted by Gasteiger charge is -2.07. The fourth-order valence-electron chi connectivity index (χ4n) is 2.04. The Morgan fingerprint density at radius 3 is 2.43 bits per heavy atom. The Bertz CT molecular complexity index is 683. The lowest BCUT2D eigenvalue weighted by Crippen LogP contribution is -2.24. The Morgan fingerprint density at radius 1 is 1.09 bits per heavy atom. The molecule has 0 atom stereocenters. The van der Waals surface area contributed by atoms with E-state index in [9.17, 15) is 9.59 Å². The van der Waals surface area contributed by atoms with E-state index in [1.54, 1.807) is 23.9 Å². The van der Waals surface area contributed by atoms with Crippen LogP contribution in [0, 0.1) is 6.92 Å². The van der Waals surface area contributed by atoms with E-state index < -0.39 is 5.97 Å². The van der Waals surface area contributed by atoms with Gasteiger partial charge in [0.2, 0.25) is 5.91 Å². The first-order valence-corrected chi connectivity index (χ1v) is 8.43. The van der Waals surface area contributed by atoms with Crippen molar-refractivity contribution in [2.75, 3.05) is 5.75 Å². The fraction of sp³-hybridized carbons (Fsp3) is 0.222. The smallest absolute Gasteiger partial charge is 0.335 e. The summed E-state index contributed by atoms with van der Waals surface area (Å²) in [5.74, 6) is 0.244. The van der Waals surface area contributed by atoms with E-state index in [0.29, 0.717) is 12.3 Å². The summed E-state index contributed by atoms with van der Waals surface area (Å²) in [6.07, 6.45) is 0. The molecular formula is C18H19NO3S. The molecule has 0 aliphatic carbocycles. The lowest BCUT2D eigenvalue weighted by atomic mass is 10.1. The fourth-order valence-corrected chi connectivity index (χ4v) is 2.98. The van der Waals surface area contributed by atoms with Crippen molar-refractivity contribution in [1.29, 1.82) is 0 Å². The molecule has 2 N–H and O–H groups in total. The molecule has 0 saturated heterocycles. The molecule has 0 unspecified atom stereocenters. The number of hydrogen-bond acceptors (Lipinski definition) is 3. The van der Waals surface area contributed by atoms with Crippen molar-refractivity contribution in [3.8, 4) is 0 Å². The molecule has 23 heavy (non-hydrogen) atoms. The van der Waals surface area contributed by atoms with Gasteiger partial charge in [-0.2, -0.15) is 0 Å². The van der Waals surface area contributed by atoms with Crippen LogP contribution in [0.2, 0.25) is 0 Å². The van der Waals surface area contributed by atoms with E-state index in [1.165, 1.54) is 23.3 Å². The number of amides is 1. The van der Waals surface area contributed by atoms with Crippen molar-refractivity contribution < 1.29 is 14.7 Å². The Labute approximate surface area is 139 Å². The summed E-state index contributed by atoms with van der Waals surface area (Å²) < 4.78 is 0. The van der Waals surface area contributed by atoms with E-state index in [-0.39, 0.29) is 11.5 Å². The molecule has 0 aliphatic rings. The van der Waals surface area contributed by atoms with Crippen molar-refractivity contribution in [3.05, 3.63) is 70.8 Å². The van der Waals surface area contributed by atoms with Gasteiger partial charge in [0.1, 0.15) is 0 Å². The maximum atomic E-state index is 11.8. The normalized spacial score (nSPS) is 10.3. The lowest BCUT2D eigenvalue weighted by molar-refractivity contribution is -0.118. The van der Waals surface area contributed by atoms with Gasteiger partial charge in [0.25, 0.3) is 0 Å². The topological polar surface area (TPSA) is 66.4 Å². The van der Waals surface area contributed by atoms with Crippen molar-refractivity contribution in [2.24, 2.45) is 0 Å². The van der Waals surface area contributed by atoms with E-state index >= 15 is 0 Å². The largest absolute Gasteiger partial charge is 0.478 e. The van der Waals surface area contributed by atoms with E-state index in [0.717, 1.165) is 11.3 Å². The number of rotatable bonds is 7. The highest BCUT2D eigenvalue weighted by atomic mass is 32.2. The number of carboxylic acids is 1. The van der Waals surface area contributed by atoms with Crippen molar-refractivity contribution in [2.45, 2.75) is 19.2 Å². The molecule has 5 heteroatoms. The number of thioether (sulfide) groups is 1. The van der Waals surface area contributed by atoms with Gasteiger partial charge in [0.05, 0.1) is 11.3 Å². The average molecular weight is 329 g/mol. The van der Waals surface area contributed by atoms with E-state index in [4.69, 9.17) is 5.11 Å². The second-order valence-corrected chi connectivity index (χ2v) is 6.18. The second kappa shape index (κ2) is 8.39.